The highest BCUT2D eigenvalue weighted by Crippen LogP contribution is 2.14. The van der Waals surface area contributed by atoms with Crippen LogP contribution in [0.3, 0.4) is 0 Å². The summed E-state index contributed by atoms with van der Waals surface area (Å²) in [6, 6.07) is 3.86. The van der Waals surface area contributed by atoms with E-state index in [1.807, 2.05) is 52.9 Å². The molecule has 2 nitrogen and oxygen atoms in total. The Morgan fingerprint density at radius 1 is 1.29 bits per heavy atom. The van der Waals surface area contributed by atoms with E-state index in [9.17, 15) is 4.79 Å². The van der Waals surface area contributed by atoms with Crippen molar-refractivity contribution in [3.05, 3.63) is 34.2 Å². The molecule has 0 saturated carbocycles. The van der Waals surface area contributed by atoms with E-state index in [0.717, 1.165) is 5.56 Å². The largest absolute Gasteiger partial charge is 0.310 e. The molecule has 0 aliphatic carbocycles. The zero-order valence-corrected chi connectivity index (χ0v) is 9.66. The van der Waals surface area contributed by atoms with Crippen LogP contribution in [0, 0.1) is 0 Å². The van der Waals surface area contributed by atoms with Crippen LogP contribution in [0.25, 0.3) is 0 Å². The molecule has 1 rings (SSSR count). The van der Waals surface area contributed by atoms with E-state index in [1.165, 1.54) is 0 Å². The number of hydrogen-bond acceptors (Lipinski definition) is 1. The molecule has 0 unspecified atom stereocenters. The summed E-state index contributed by atoms with van der Waals surface area (Å²) < 4.78 is 1.79. The van der Waals surface area contributed by atoms with E-state index < -0.39 is 0 Å². The second-order valence-electron chi connectivity index (χ2n) is 4.96. The van der Waals surface area contributed by atoms with Gasteiger partial charge in [-0.15, -0.1) is 0 Å². The van der Waals surface area contributed by atoms with E-state index in [0.29, 0.717) is 0 Å². The Kier molecular flexibility index (Phi) is 2.84. The molecule has 78 valence electrons. The Morgan fingerprint density at radius 3 is 2.29 bits per heavy atom. The quantitative estimate of drug-likeness (QED) is 0.672. The van der Waals surface area contributed by atoms with Crippen molar-refractivity contribution in [2.45, 2.75) is 46.1 Å². The lowest BCUT2D eigenvalue weighted by Crippen LogP contribution is -2.35. The topological polar surface area (TPSA) is 22.0 Å². The van der Waals surface area contributed by atoms with Crippen molar-refractivity contribution in [2.75, 3.05) is 0 Å². The molecule has 2 heteroatoms. The maximum absolute atomic E-state index is 12.0. The average molecular weight is 193 g/mol. The fourth-order valence-electron chi connectivity index (χ4n) is 1.48. The maximum atomic E-state index is 12.0. The van der Waals surface area contributed by atoms with Crippen LogP contribution in [-0.4, -0.2) is 4.57 Å². The molecule has 0 bridgehead atoms. The van der Waals surface area contributed by atoms with Gasteiger partial charge in [-0.25, -0.2) is 0 Å². The number of pyridine rings is 1. The molecule has 0 saturated heterocycles. The van der Waals surface area contributed by atoms with Crippen molar-refractivity contribution in [3.63, 3.8) is 0 Å². The Hall–Kier alpha value is -1.05. The summed E-state index contributed by atoms with van der Waals surface area (Å²) in [4.78, 5) is 12.0. The standard InChI is InChI=1S/C12H19NO/c1-9(2)10-7-6-8-13(11(10)14)12(3,4)5/h6-9H,1-5H3. The van der Waals surface area contributed by atoms with Crippen molar-refractivity contribution >= 4 is 0 Å². The summed E-state index contributed by atoms with van der Waals surface area (Å²) in [5, 5.41) is 0. The Morgan fingerprint density at radius 2 is 1.86 bits per heavy atom. The molecule has 0 aromatic carbocycles. The van der Waals surface area contributed by atoms with E-state index >= 15 is 0 Å². The fourth-order valence-corrected chi connectivity index (χ4v) is 1.48. The zero-order chi connectivity index (χ0) is 10.9. The zero-order valence-electron chi connectivity index (χ0n) is 9.66. The summed E-state index contributed by atoms with van der Waals surface area (Å²) in [5.74, 6) is 0.289. The van der Waals surface area contributed by atoms with Crippen molar-refractivity contribution in [2.24, 2.45) is 0 Å². The molecule has 0 N–H and O–H groups in total. The molecule has 0 aliphatic heterocycles. The minimum absolute atomic E-state index is 0.134. The Balaban J connectivity index is 3.36. The third kappa shape index (κ3) is 2.06. The van der Waals surface area contributed by atoms with Crippen LogP contribution in [0.1, 0.15) is 46.1 Å². The third-order valence-corrected chi connectivity index (χ3v) is 2.32. The summed E-state index contributed by atoms with van der Waals surface area (Å²) in [6.45, 7) is 10.2. The summed E-state index contributed by atoms with van der Waals surface area (Å²) >= 11 is 0. The fraction of sp³-hybridized carbons (Fsp3) is 0.583. The first kappa shape index (κ1) is 11.0. The Bertz CT molecular complexity index is 369. The molecule has 1 aromatic heterocycles. The molecule has 14 heavy (non-hydrogen) atoms. The average Bonchev–Trinajstić information content (AvgIpc) is 2.01. The maximum Gasteiger partial charge on any atom is 0.254 e. The predicted molar refractivity (Wildman–Crippen MR) is 59.8 cm³/mol. The Labute approximate surface area is 85.6 Å². The van der Waals surface area contributed by atoms with Crippen LogP contribution in [0.5, 0.6) is 0 Å². The van der Waals surface area contributed by atoms with Gasteiger partial charge >= 0.3 is 0 Å². The second-order valence-corrected chi connectivity index (χ2v) is 4.96. The van der Waals surface area contributed by atoms with Crippen molar-refractivity contribution in [3.8, 4) is 0 Å². The van der Waals surface area contributed by atoms with Gasteiger partial charge in [-0.3, -0.25) is 4.79 Å². The molecular formula is C12H19NO. The third-order valence-electron chi connectivity index (χ3n) is 2.32. The van der Waals surface area contributed by atoms with Gasteiger partial charge in [0.25, 0.3) is 5.56 Å². The van der Waals surface area contributed by atoms with Gasteiger partial charge in [-0.2, -0.15) is 0 Å². The lowest BCUT2D eigenvalue weighted by molar-refractivity contribution is 0.381. The van der Waals surface area contributed by atoms with E-state index in [4.69, 9.17) is 0 Å². The van der Waals surface area contributed by atoms with Crippen LogP contribution in [0.4, 0.5) is 0 Å². The van der Waals surface area contributed by atoms with Crippen molar-refractivity contribution in [1.29, 1.82) is 0 Å². The van der Waals surface area contributed by atoms with Crippen LogP contribution >= 0.6 is 0 Å². The molecule has 0 fully saturated rings. The lowest BCUT2D eigenvalue weighted by atomic mass is 10.0. The van der Waals surface area contributed by atoms with Crippen molar-refractivity contribution < 1.29 is 0 Å². The summed E-state index contributed by atoms with van der Waals surface area (Å²) in [6.07, 6.45) is 1.86. The number of aromatic nitrogens is 1. The first-order valence-corrected chi connectivity index (χ1v) is 5.06. The van der Waals surface area contributed by atoms with Gasteiger partial charge in [0.1, 0.15) is 0 Å². The van der Waals surface area contributed by atoms with Gasteiger partial charge < -0.3 is 4.57 Å². The van der Waals surface area contributed by atoms with Gasteiger partial charge in [0, 0.05) is 17.3 Å². The van der Waals surface area contributed by atoms with Gasteiger partial charge in [0.05, 0.1) is 0 Å². The van der Waals surface area contributed by atoms with Crippen LogP contribution in [-0.2, 0) is 5.54 Å². The molecular weight excluding hydrogens is 174 g/mol. The monoisotopic (exact) mass is 193 g/mol. The number of rotatable bonds is 1. The van der Waals surface area contributed by atoms with E-state index in [-0.39, 0.29) is 17.0 Å². The first-order chi connectivity index (χ1) is 6.34. The van der Waals surface area contributed by atoms with Gasteiger partial charge in [-0.1, -0.05) is 19.9 Å². The second kappa shape index (κ2) is 3.60. The highest BCUT2D eigenvalue weighted by atomic mass is 16.1. The van der Waals surface area contributed by atoms with E-state index in [1.54, 1.807) is 4.57 Å². The lowest BCUT2D eigenvalue weighted by Gasteiger charge is -2.23. The molecule has 0 atom stereocenters. The summed E-state index contributed by atoms with van der Waals surface area (Å²) in [7, 11) is 0. The molecule has 1 heterocycles. The molecule has 0 spiro atoms. The van der Waals surface area contributed by atoms with Crippen molar-refractivity contribution in [1.82, 2.24) is 4.57 Å². The highest BCUT2D eigenvalue weighted by Gasteiger charge is 2.16. The molecule has 0 aliphatic rings. The van der Waals surface area contributed by atoms with Crippen LogP contribution in [0.2, 0.25) is 0 Å². The molecule has 1 aromatic rings. The number of hydrogen-bond donors (Lipinski definition) is 0. The predicted octanol–water partition coefficient (Wildman–Crippen LogP) is 2.73. The van der Waals surface area contributed by atoms with Crippen LogP contribution in [0.15, 0.2) is 23.1 Å². The normalized spacial score (nSPS) is 12.1. The van der Waals surface area contributed by atoms with E-state index in [2.05, 4.69) is 0 Å². The summed E-state index contributed by atoms with van der Waals surface area (Å²) in [5.41, 5.74) is 0.888. The van der Waals surface area contributed by atoms with Gasteiger partial charge in [0.15, 0.2) is 0 Å². The molecule has 0 radical (unpaired) electrons. The minimum atomic E-state index is -0.137. The highest BCUT2D eigenvalue weighted by molar-refractivity contribution is 5.15. The first-order valence-electron chi connectivity index (χ1n) is 5.06. The smallest absolute Gasteiger partial charge is 0.254 e. The minimum Gasteiger partial charge on any atom is -0.310 e. The van der Waals surface area contributed by atoms with Crippen LogP contribution < -0.4 is 5.56 Å². The SMILES string of the molecule is CC(C)c1cccn(C(C)(C)C)c1=O. The number of nitrogens with zero attached hydrogens (tertiary/aromatic N) is 1. The van der Waals surface area contributed by atoms with Gasteiger partial charge in [-0.05, 0) is 32.8 Å². The van der Waals surface area contributed by atoms with Gasteiger partial charge in [0.2, 0.25) is 0 Å². The molecule has 0 amide bonds.